The zero-order valence-electron chi connectivity index (χ0n) is 11.2. The third-order valence-corrected chi connectivity index (χ3v) is 4.90. The lowest BCUT2D eigenvalue weighted by Gasteiger charge is -2.18. The summed E-state index contributed by atoms with van der Waals surface area (Å²) < 4.78 is 22.7. The van der Waals surface area contributed by atoms with Gasteiger partial charge in [0, 0.05) is 27.8 Å². The van der Waals surface area contributed by atoms with Crippen LogP contribution in [0, 0.1) is 5.92 Å². The first kappa shape index (κ1) is 16.3. The molecule has 4 nitrogen and oxygen atoms in total. The summed E-state index contributed by atoms with van der Waals surface area (Å²) in [7, 11) is 1.36. The van der Waals surface area contributed by atoms with Gasteiger partial charge >= 0.3 is 0 Å². The zero-order chi connectivity index (χ0) is 15.5. The molecule has 1 aliphatic carbocycles. The standard InChI is InChI=1S/C14H15Cl2NO3S/c15-12-6-11(7-13(8-12)21(16,19)20)14(18)17-9-10-4-2-1-3-5-10/h1-2,6-8,10H,3-5,9H2,(H,17,18). The molecular formula is C14H15Cl2NO3S. The minimum absolute atomic E-state index is 0.155. The van der Waals surface area contributed by atoms with E-state index < -0.39 is 9.05 Å². The Bertz CT molecular complexity index is 671. The Hall–Kier alpha value is -1.04. The van der Waals surface area contributed by atoms with Crippen LogP contribution in [-0.2, 0) is 9.05 Å². The number of nitrogens with one attached hydrogen (secondary N) is 1. The van der Waals surface area contributed by atoms with Gasteiger partial charge in [0.25, 0.3) is 15.0 Å². The van der Waals surface area contributed by atoms with Crippen molar-refractivity contribution in [2.45, 2.75) is 24.2 Å². The normalized spacial score (nSPS) is 18.5. The van der Waals surface area contributed by atoms with E-state index in [-0.39, 0.29) is 21.4 Å². The summed E-state index contributed by atoms with van der Waals surface area (Å²) in [4.78, 5) is 11.9. The number of rotatable bonds is 4. The van der Waals surface area contributed by atoms with Crippen LogP contribution in [0.1, 0.15) is 29.6 Å². The molecule has 7 heteroatoms. The minimum atomic E-state index is -3.92. The minimum Gasteiger partial charge on any atom is -0.352 e. The molecule has 21 heavy (non-hydrogen) atoms. The molecule has 0 bridgehead atoms. The largest absolute Gasteiger partial charge is 0.352 e. The molecule has 1 unspecified atom stereocenters. The number of halogens is 2. The highest BCUT2D eigenvalue weighted by Gasteiger charge is 2.17. The van der Waals surface area contributed by atoms with Gasteiger partial charge in [-0.05, 0) is 43.4 Å². The van der Waals surface area contributed by atoms with Crippen molar-refractivity contribution in [2.75, 3.05) is 6.54 Å². The van der Waals surface area contributed by atoms with E-state index in [0.29, 0.717) is 12.5 Å². The highest BCUT2D eigenvalue weighted by Crippen LogP contribution is 2.22. The SMILES string of the molecule is O=C(NCC1CC=CCC1)c1cc(Cl)cc(S(=O)(=O)Cl)c1. The summed E-state index contributed by atoms with van der Waals surface area (Å²) in [5.74, 6) is 0.0583. The average molecular weight is 348 g/mol. The number of hydrogen-bond donors (Lipinski definition) is 1. The molecule has 1 aliphatic rings. The molecule has 0 aromatic heterocycles. The lowest BCUT2D eigenvalue weighted by atomic mass is 9.94. The fraction of sp³-hybridized carbons (Fsp3) is 0.357. The quantitative estimate of drug-likeness (QED) is 0.670. The van der Waals surface area contributed by atoms with E-state index in [9.17, 15) is 13.2 Å². The summed E-state index contributed by atoms with van der Waals surface area (Å²) in [6, 6.07) is 3.86. The van der Waals surface area contributed by atoms with Gasteiger partial charge in [0.15, 0.2) is 0 Å². The molecule has 114 valence electrons. The average Bonchev–Trinajstić information content (AvgIpc) is 2.44. The maximum Gasteiger partial charge on any atom is 0.261 e. The van der Waals surface area contributed by atoms with Gasteiger partial charge in [-0.25, -0.2) is 8.42 Å². The monoisotopic (exact) mass is 347 g/mol. The maximum absolute atomic E-state index is 12.1. The molecule has 0 saturated heterocycles. The Morgan fingerprint density at radius 2 is 2.05 bits per heavy atom. The lowest BCUT2D eigenvalue weighted by Crippen LogP contribution is -2.29. The van der Waals surface area contributed by atoms with Crippen LogP contribution in [-0.4, -0.2) is 20.9 Å². The van der Waals surface area contributed by atoms with Gasteiger partial charge in [0.1, 0.15) is 0 Å². The molecule has 1 N–H and O–H groups in total. The molecular weight excluding hydrogens is 333 g/mol. The molecule has 1 atom stereocenters. The Morgan fingerprint density at radius 1 is 1.29 bits per heavy atom. The Morgan fingerprint density at radius 3 is 2.67 bits per heavy atom. The summed E-state index contributed by atoms with van der Waals surface area (Å²) >= 11 is 5.84. The van der Waals surface area contributed by atoms with E-state index in [2.05, 4.69) is 17.5 Å². The van der Waals surface area contributed by atoms with Gasteiger partial charge in [-0.2, -0.15) is 0 Å². The van der Waals surface area contributed by atoms with Crippen LogP contribution in [0.3, 0.4) is 0 Å². The number of benzene rings is 1. The summed E-state index contributed by atoms with van der Waals surface area (Å²) in [5, 5.41) is 2.96. The Kier molecular flexibility index (Phi) is 5.30. The third kappa shape index (κ3) is 4.73. The van der Waals surface area contributed by atoms with Crippen molar-refractivity contribution in [3.63, 3.8) is 0 Å². The number of allylic oxidation sites excluding steroid dienone is 2. The number of carbonyl (C=O) groups excluding carboxylic acids is 1. The number of carbonyl (C=O) groups is 1. The van der Waals surface area contributed by atoms with Gasteiger partial charge in [-0.3, -0.25) is 4.79 Å². The van der Waals surface area contributed by atoms with Crippen molar-refractivity contribution in [3.05, 3.63) is 40.9 Å². The molecule has 0 saturated carbocycles. The molecule has 0 spiro atoms. The van der Waals surface area contributed by atoms with Gasteiger partial charge in [0.05, 0.1) is 4.90 Å². The third-order valence-electron chi connectivity index (χ3n) is 3.34. The Balaban J connectivity index is 2.08. The van der Waals surface area contributed by atoms with E-state index in [1.165, 1.54) is 18.2 Å². The highest BCUT2D eigenvalue weighted by atomic mass is 35.7. The van der Waals surface area contributed by atoms with Crippen molar-refractivity contribution in [3.8, 4) is 0 Å². The van der Waals surface area contributed by atoms with Crippen LogP contribution in [0.5, 0.6) is 0 Å². The molecule has 0 radical (unpaired) electrons. The van der Waals surface area contributed by atoms with Gasteiger partial charge < -0.3 is 5.32 Å². The van der Waals surface area contributed by atoms with Gasteiger partial charge in [0.2, 0.25) is 0 Å². The number of hydrogen-bond acceptors (Lipinski definition) is 3. The topological polar surface area (TPSA) is 63.2 Å². The van der Waals surface area contributed by atoms with Crippen LogP contribution in [0.15, 0.2) is 35.2 Å². The zero-order valence-corrected chi connectivity index (χ0v) is 13.5. The van der Waals surface area contributed by atoms with Crippen LogP contribution in [0.25, 0.3) is 0 Å². The fourth-order valence-electron chi connectivity index (χ4n) is 2.22. The van der Waals surface area contributed by atoms with Crippen LogP contribution in [0.4, 0.5) is 0 Å². The second-order valence-electron chi connectivity index (χ2n) is 4.97. The maximum atomic E-state index is 12.1. The first-order chi connectivity index (χ1) is 9.86. The van der Waals surface area contributed by atoms with E-state index in [4.69, 9.17) is 22.3 Å². The predicted octanol–water partition coefficient (Wildman–Crippen LogP) is 3.35. The smallest absolute Gasteiger partial charge is 0.261 e. The van der Waals surface area contributed by atoms with Gasteiger partial charge in [-0.1, -0.05) is 23.8 Å². The lowest BCUT2D eigenvalue weighted by molar-refractivity contribution is 0.0946. The second-order valence-corrected chi connectivity index (χ2v) is 7.98. The van der Waals surface area contributed by atoms with Crippen LogP contribution >= 0.6 is 22.3 Å². The van der Waals surface area contributed by atoms with Crippen molar-refractivity contribution in [1.29, 1.82) is 0 Å². The molecule has 0 fully saturated rings. The highest BCUT2D eigenvalue weighted by molar-refractivity contribution is 8.13. The molecule has 1 aromatic carbocycles. The van der Waals surface area contributed by atoms with Crippen molar-refractivity contribution in [2.24, 2.45) is 5.92 Å². The molecule has 1 aromatic rings. The second kappa shape index (κ2) is 6.81. The van der Waals surface area contributed by atoms with E-state index >= 15 is 0 Å². The summed E-state index contributed by atoms with van der Waals surface area (Å²) in [6.07, 6.45) is 7.24. The van der Waals surface area contributed by atoms with Crippen molar-refractivity contribution >= 4 is 37.2 Å². The van der Waals surface area contributed by atoms with Crippen molar-refractivity contribution in [1.82, 2.24) is 5.32 Å². The Labute approximate surface area is 133 Å². The van der Waals surface area contributed by atoms with E-state index in [1.807, 2.05) is 0 Å². The number of amides is 1. The molecule has 1 amide bonds. The van der Waals surface area contributed by atoms with Crippen LogP contribution < -0.4 is 5.32 Å². The predicted molar refractivity (Wildman–Crippen MR) is 83.3 cm³/mol. The fourth-order valence-corrected chi connectivity index (χ4v) is 3.32. The first-order valence-electron chi connectivity index (χ1n) is 6.55. The summed E-state index contributed by atoms with van der Waals surface area (Å²) in [6.45, 7) is 0.554. The van der Waals surface area contributed by atoms with Crippen LogP contribution in [0.2, 0.25) is 5.02 Å². The van der Waals surface area contributed by atoms with Gasteiger partial charge in [-0.15, -0.1) is 0 Å². The van der Waals surface area contributed by atoms with E-state index in [0.717, 1.165) is 19.3 Å². The molecule has 2 rings (SSSR count). The van der Waals surface area contributed by atoms with E-state index in [1.54, 1.807) is 0 Å². The molecule has 0 aliphatic heterocycles. The summed E-state index contributed by atoms with van der Waals surface area (Å²) in [5.41, 5.74) is 0.188. The van der Waals surface area contributed by atoms with Crippen molar-refractivity contribution < 1.29 is 13.2 Å². The molecule has 0 heterocycles. The first-order valence-corrected chi connectivity index (χ1v) is 9.23.